The minimum Gasteiger partial charge on any atom is -0.325 e. The van der Waals surface area contributed by atoms with E-state index in [4.69, 9.17) is 0 Å². The lowest BCUT2D eigenvalue weighted by Crippen LogP contribution is -2.14. The van der Waals surface area contributed by atoms with Gasteiger partial charge in [-0.3, -0.25) is 4.79 Å². The van der Waals surface area contributed by atoms with Crippen molar-refractivity contribution in [1.82, 2.24) is 20.0 Å². The lowest BCUT2D eigenvalue weighted by molar-refractivity contribution is -0.113. The smallest absolute Gasteiger partial charge is 0.234 e. The first-order valence-corrected chi connectivity index (χ1v) is 8.13. The van der Waals surface area contributed by atoms with E-state index in [1.165, 1.54) is 17.8 Å². The summed E-state index contributed by atoms with van der Waals surface area (Å²) in [6.07, 6.45) is 3.42. The fourth-order valence-electron chi connectivity index (χ4n) is 1.92. The van der Waals surface area contributed by atoms with Gasteiger partial charge in [0.15, 0.2) is 5.82 Å². The van der Waals surface area contributed by atoms with E-state index < -0.39 is 0 Å². The first kappa shape index (κ1) is 16.1. The monoisotopic (exact) mass is 343 g/mol. The number of aryl methyl sites for hydroxylation is 1. The summed E-state index contributed by atoms with van der Waals surface area (Å²) in [5.41, 5.74) is 0.971. The molecule has 0 fully saturated rings. The van der Waals surface area contributed by atoms with Crippen LogP contribution in [0.3, 0.4) is 0 Å². The van der Waals surface area contributed by atoms with Crippen molar-refractivity contribution in [2.75, 3.05) is 11.1 Å². The highest BCUT2D eigenvalue weighted by Gasteiger charge is 2.07. The molecule has 0 atom stereocenters. The van der Waals surface area contributed by atoms with Gasteiger partial charge in [-0.1, -0.05) is 17.8 Å². The van der Waals surface area contributed by atoms with Gasteiger partial charge in [0.05, 0.1) is 5.75 Å². The average molecular weight is 343 g/mol. The van der Waals surface area contributed by atoms with Crippen LogP contribution in [0.5, 0.6) is 0 Å². The number of rotatable bonds is 5. The molecule has 3 rings (SSSR count). The summed E-state index contributed by atoms with van der Waals surface area (Å²) in [6.45, 7) is 1.67. The number of carbonyl (C=O) groups is 1. The van der Waals surface area contributed by atoms with Crippen LogP contribution in [0, 0.1) is 12.7 Å². The normalized spacial score (nSPS) is 10.6. The molecule has 0 aliphatic carbocycles. The number of amides is 1. The molecule has 8 heteroatoms. The first-order chi connectivity index (χ1) is 11.6. The van der Waals surface area contributed by atoms with Crippen molar-refractivity contribution >= 4 is 23.4 Å². The second kappa shape index (κ2) is 7.22. The molecule has 122 valence electrons. The van der Waals surface area contributed by atoms with Crippen molar-refractivity contribution in [3.8, 4) is 5.82 Å². The molecular weight excluding hydrogens is 329 g/mol. The maximum atomic E-state index is 13.5. The Morgan fingerprint density at radius 2 is 2.17 bits per heavy atom. The fraction of sp³-hybridized carbons (Fsp3) is 0.125. The number of halogens is 1. The maximum Gasteiger partial charge on any atom is 0.234 e. The van der Waals surface area contributed by atoms with Crippen LogP contribution >= 0.6 is 11.8 Å². The van der Waals surface area contributed by atoms with E-state index in [0.717, 1.165) is 0 Å². The summed E-state index contributed by atoms with van der Waals surface area (Å²) in [6, 6.07) is 9.93. The minimum absolute atomic E-state index is 0.158. The highest BCUT2D eigenvalue weighted by Crippen LogP contribution is 2.17. The van der Waals surface area contributed by atoms with Gasteiger partial charge in [-0.05, 0) is 42.8 Å². The largest absolute Gasteiger partial charge is 0.325 e. The Kier molecular flexibility index (Phi) is 4.85. The lowest BCUT2D eigenvalue weighted by Gasteiger charge is -2.06. The van der Waals surface area contributed by atoms with Crippen molar-refractivity contribution in [2.45, 2.75) is 11.9 Å². The van der Waals surface area contributed by atoms with Gasteiger partial charge in [-0.25, -0.2) is 9.07 Å². The number of hydrogen-bond donors (Lipinski definition) is 1. The van der Waals surface area contributed by atoms with Crippen molar-refractivity contribution in [3.63, 3.8) is 0 Å². The Bertz CT molecular complexity index is 836. The molecular formula is C16H14FN5OS. The third kappa shape index (κ3) is 3.96. The Morgan fingerprint density at radius 1 is 1.29 bits per heavy atom. The number of aromatic nitrogens is 4. The summed E-state index contributed by atoms with van der Waals surface area (Å²) in [4.78, 5) is 11.9. The standard InChI is InChI=1S/C16H14FN5OS/c1-11-3-4-12(9-13(11)17)19-15(23)10-24-16-6-5-14(20-21-16)22-8-2-7-18-22/h2-9H,10H2,1H3,(H,19,23). The number of nitrogens with zero attached hydrogens (tertiary/aromatic N) is 4. The number of anilines is 1. The third-order valence-corrected chi connectivity index (χ3v) is 4.09. The number of benzene rings is 1. The molecule has 0 bridgehead atoms. The third-order valence-electron chi connectivity index (χ3n) is 3.17. The van der Waals surface area contributed by atoms with Crippen molar-refractivity contribution in [1.29, 1.82) is 0 Å². The quantitative estimate of drug-likeness (QED) is 0.721. The summed E-state index contributed by atoms with van der Waals surface area (Å²) in [5.74, 6) is 0.177. The van der Waals surface area contributed by atoms with Crippen LogP contribution < -0.4 is 5.32 Å². The molecule has 2 heterocycles. The number of hydrogen-bond acceptors (Lipinski definition) is 5. The number of thioether (sulfide) groups is 1. The van der Waals surface area contributed by atoms with Gasteiger partial charge >= 0.3 is 0 Å². The van der Waals surface area contributed by atoms with Crippen LogP contribution in [-0.2, 0) is 4.79 Å². The molecule has 3 aromatic rings. The van der Waals surface area contributed by atoms with Crippen LogP contribution in [-0.4, -0.2) is 31.6 Å². The molecule has 6 nitrogen and oxygen atoms in total. The van der Waals surface area contributed by atoms with Gasteiger partial charge in [-0.2, -0.15) is 5.10 Å². The molecule has 1 N–H and O–H groups in total. The van der Waals surface area contributed by atoms with E-state index in [9.17, 15) is 9.18 Å². The molecule has 24 heavy (non-hydrogen) atoms. The predicted molar refractivity (Wildman–Crippen MR) is 89.6 cm³/mol. The minimum atomic E-state index is -0.347. The van der Waals surface area contributed by atoms with Crippen LogP contribution in [0.15, 0.2) is 53.8 Å². The average Bonchev–Trinajstić information content (AvgIpc) is 3.11. The molecule has 0 radical (unpaired) electrons. The van der Waals surface area contributed by atoms with Gasteiger partial charge in [-0.15, -0.1) is 10.2 Å². The fourth-order valence-corrected chi connectivity index (χ4v) is 2.54. The van der Waals surface area contributed by atoms with Gasteiger partial charge in [0.2, 0.25) is 5.91 Å². The van der Waals surface area contributed by atoms with E-state index in [0.29, 0.717) is 22.1 Å². The predicted octanol–water partition coefficient (Wildman–Crippen LogP) is 2.84. The molecule has 0 aliphatic heterocycles. The molecule has 0 aliphatic rings. The Labute approximate surface area is 142 Å². The zero-order valence-corrected chi connectivity index (χ0v) is 13.6. The van der Waals surface area contributed by atoms with Crippen LogP contribution in [0.1, 0.15) is 5.56 Å². The molecule has 2 aromatic heterocycles. The van der Waals surface area contributed by atoms with Crippen LogP contribution in [0.25, 0.3) is 5.82 Å². The van der Waals surface area contributed by atoms with E-state index in [1.807, 2.05) is 0 Å². The molecule has 0 saturated heterocycles. The molecule has 0 spiro atoms. The maximum absolute atomic E-state index is 13.5. The highest BCUT2D eigenvalue weighted by molar-refractivity contribution is 7.99. The zero-order valence-electron chi connectivity index (χ0n) is 12.8. The summed E-state index contributed by atoms with van der Waals surface area (Å²) < 4.78 is 15.1. The molecule has 1 amide bonds. The van der Waals surface area contributed by atoms with Gasteiger partial charge in [0, 0.05) is 18.1 Å². The summed E-state index contributed by atoms with van der Waals surface area (Å²) in [5, 5.41) is 15.4. The Hall–Kier alpha value is -2.74. The van der Waals surface area contributed by atoms with E-state index >= 15 is 0 Å². The second-order valence-electron chi connectivity index (χ2n) is 4.98. The molecule has 0 unspecified atom stereocenters. The summed E-state index contributed by atoms with van der Waals surface area (Å²) in [7, 11) is 0. The second-order valence-corrected chi connectivity index (χ2v) is 5.98. The number of carbonyl (C=O) groups excluding carboxylic acids is 1. The zero-order chi connectivity index (χ0) is 16.9. The van der Waals surface area contributed by atoms with Crippen molar-refractivity contribution < 1.29 is 9.18 Å². The Morgan fingerprint density at radius 3 is 2.83 bits per heavy atom. The first-order valence-electron chi connectivity index (χ1n) is 7.14. The van der Waals surface area contributed by atoms with E-state index in [-0.39, 0.29) is 17.5 Å². The van der Waals surface area contributed by atoms with Gasteiger partial charge < -0.3 is 5.32 Å². The lowest BCUT2D eigenvalue weighted by atomic mass is 10.2. The van der Waals surface area contributed by atoms with Crippen LogP contribution in [0.4, 0.5) is 10.1 Å². The highest BCUT2D eigenvalue weighted by atomic mass is 32.2. The van der Waals surface area contributed by atoms with Crippen molar-refractivity contribution in [3.05, 3.63) is 60.2 Å². The Balaban J connectivity index is 1.55. The molecule has 1 aromatic carbocycles. The van der Waals surface area contributed by atoms with E-state index in [1.54, 1.807) is 54.3 Å². The van der Waals surface area contributed by atoms with Gasteiger partial charge in [0.25, 0.3) is 0 Å². The van der Waals surface area contributed by atoms with Crippen LogP contribution in [0.2, 0.25) is 0 Å². The topological polar surface area (TPSA) is 72.7 Å². The van der Waals surface area contributed by atoms with Gasteiger partial charge in [0.1, 0.15) is 10.8 Å². The van der Waals surface area contributed by atoms with E-state index in [2.05, 4.69) is 20.6 Å². The number of nitrogens with one attached hydrogen (secondary N) is 1. The summed E-state index contributed by atoms with van der Waals surface area (Å²) >= 11 is 1.25. The SMILES string of the molecule is Cc1ccc(NC(=O)CSc2ccc(-n3cccn3)nn2)cc1F. The van der Waals surface area contributed by atoms with Crippen molar-refractivity contribution in [2.24, 2.45) is 0 Å². The molecule has 0 saturated carbocycles.